The van der Waals surface area contributed by atoms with E-state index in [1.54, 1.807) is 56.8 Å². The van der Waals surface area contributed by atoms with Crippen LogP contribution >= 0.6 is 0 Å². The number of aryl methyl sites for hydroxylation is 1. The van der Waals surface area contributed by atoms with Crippen LogP contribution in [0.4, 0.5) is 5.69 Å². The Morgan fingerprint density at radius 1 is 1.03 bits per heavy atom. The van der Waals surface area contributed by atoms with Gasteiger partial charge in [0.15, 0.2) is 11.5 Å². The van der Waals surface area contributed by atoms with Gasteiger partial charge in [-0.3, -0.25) is 9.20 Å². The number of amides is 1. The SMILES string of the molecule is Cc1noc(-c2ccc(-c3cnc4cnc(C(=O)N(C)c5ccc(C#N)cc5)cn34)cc2)n1. The molecule has 33 heavy (non-hydrogen) atoms. The van der Waals surface area contributed by atoms with Gasteiger partial charge < -0.3 is 9.42 Å². The lowest BCUT2D eigenvalue weighted by molar-refractivity contribution is 0.0988. The molecule has 0 atom stereocenters. The molecule has 2 aromatic carbocycles. The van der Waals surface area contributed by atoms with E-state index in [9.17, 15) is 4.79 Å². The second-order valence-electron chi connectivity index (χ2n) is 7.39. The van der Waals surface area contributed by atoms with Crippen molar-refractivity contribution in [2.24, 2.45) is 0 Å². The van der Waals surface area contributed by atoms with Gasteiger partial charge in [0.2, 0.25) is 0 Å². The van der Waals surface area contributed by atoms with Gasteiger partial charge in [-0.25, -0.2) is 9.97 Å². The Balaban J connectivity index is 1.46. The molecule has 5 rings (SSSR count). The predicted molar refractivity (Wildman–Crippen MR) is 120 cm³/mol. The van der Waals surface area contributed by atoms with Crippen LogP contribution in [0.5, 0.6) is 0 Å². The summed E-state index contributed by atoms with van der Waals surface area (Å²) in [5.74, 6) is 0.759. The normalized spacial score (nSPS) is 10.8. The van der Waals surface area contributed by atoms with Crippen molar-refractivity contribution < 1.29 is 9.32 Å². The Kier molecular flexibility index (Phi) is 4.88. The second kappa shape index (κ2) is 8.01. The van der Waals surface area contributed by atoms with E-state index in [0.29, 0.717) is 28.6 Å². The van der Waals surface area contributed by atoms with Crippen LogP contribution in [0.2, 0.25) is 0 Å². The van der Waals surface area contributed by atoms with Gasteiger partial charge in [0.05, 0.1) is 29.7 Å². The molecule has 9 nitrogen and oxygen atoms in total. The van der Waals surface area contributed by atoms with E-state index >= 15 is 0 Å². The number of hydrogen-bond donors (Lipinski definition) is 0. The van der Waals surface area contributed by atoms with Gasteiger partial charge in [0.25, 0.3) is 11.8 Å². The fourth-order valence-corrected chi connectivity index (χ4v) is 3.46. The van der Waals surface area contributed by atoms with Crippen LogP contribution in [0.15, 0.2) is 71.6 Å². The van der Waals surface area contributed by atoms with Gasteiger partial charge >= 0.3 is 0 Å². The molecule has 0 N–H and O–H groups in total. The quantitative estimate of drug-likeness (QED) is 0.421. The van der Waals surface area contributed by atoms with E-state index in [0.717, 1.165) is 16.8 Å². The van der Waals surface area contributed by atoms with Crippen LogP contribution < -0.4 is 4.90 Å². The van der Waals surface area contributed by atoms with Gasteiger partial charge in [-0.05, 0) is 43.3 Å². The van der Waals surface area contributed by atoms with Crippen molar-refractivity contribution in [3.8, 4) is 28.8 Å². The number of nitrogens with zero attached hydrogens (tertiary/aromatic N) is 7. The third kappa shape index (κ3) is 3.70. The Bertz CT molecular complexity index is 1510. The summed E-state index contributed by atoms with van der Waals surface area (Å²) in [4.78, 5) is 27.5. The van der Waals surface area contributed by atoms with Gasteiger partial charge in [-0.15, -0.1) is 0 Å². The molecule has 3 heterocycles. The van der Waals surface area contributed by atoms with Crippen LogP contribution in [0, 0.1) is 18.3 Å². The molecule has 0 aliphatic carbocycles. The highest BCUT2D eigenvalue weighted by Gasteiger charge is 2.17. The summed E-state index contributed by atoms with van der Waals surface area (Å²) in [7, 11) is 1.67. The molecular formula is C24H17N7O2. The molecule has 160 valence electrons. The van der Waals surface area contributed by atoms with Crippen molar-refractivity contribution in [2.75, 3.05) is 11.9 Å². The maximum Gasteiger partial charge on any atom is 0.278 e. The zero-order valence-corrected chi connectivity index (χ0v) is 17.8. The third-order valence-corrected chi connectivity index (χ3v) is 5.26. The summed E-state index contributed by atoms with van der Waals surface area (Å²) in [6.45, 7) is 1.77. The van der Waals surface area contributed by atoms with E-state index in [1.165, 1.54) is 4.90 Å². The summed E-state index contributed by atoms with van der Waals surface area (Å²) in [6.07, 6.45) is 4.98. The fourth-order valence-electron chi connectivity index (χ4n) is 3.46. The summed E-state index contributed by atoms with van der Waals surface area (Å²) in [5, 5.41) is 12.8. The van der Waals surface area contributed by atoms with Crippen molar-refractivity contribution >= 4 is 17.2 Å². The Morgan fingerprint density at radius 3 is 2.42 bits per heavy atom. The molecule has 0 aliphatic rings. The minimum absolute atomic E-state index is 0.270. The number of imidazole rings is 1. The molecular weight excluding hydrogens is 418 g/mol. The first-order chi connectivity index (χ1) is 16.0. The minimum Gasteiger partial charge on any atom is -0.334 e. The summed E-state index contributed by atoms with van der Waals surface area (Å²) in [6, 6.07) is 16.5. The molecule has 0 bridgehead atoms. The Morgan fingerprint density at radius 2 is 1.76 bits per heavy atom. The van der Waals surface area contributed by atoms with E-state index in [4.69, 9.17) is 9.78 Å². The molecule has 9 heteroatoms. The maximum absolute atomic E-state index is 13.1. The number of aromatic nitrogens is 5. The zero-order chi connectivity index (χ0) is 22.9. The first kappa shape index (κ1) is 20.1. The molecule has 1 amide bonds. The van der Waals surface area contributed by atoms with Crippen LogP contribution in [-0.4, -0.2) is 37.5 Å². The summed E-state index contributed by atoms with van der Waals surface area (Å²) in [5.41, 5.74) is 4.63. The lowest BCUT2D eigenvalue weighted by Crippen LogP contribution is -2.27. The highest BCUT2D eigenvalue weighted by molar-refractivity contribution is 6.04. The molecule has 0 unspecified atom stereocenters. The van der Waals surface area contributed by atoms with Gasteiger partial charge in [0, 0.05) is 30.1 Å². The van der Waals surface area contributed by atoms with Crippen molar-refractivity contribution in [2.45, 2.75) is 6.92 Å². The smallest absolute Gasteiger partial charge is 0.278 e. The zero-order valence-electron chi connectivity index (χ0n) is 17.8. The molecule has 5 aromatic rings. The third-order valence-electron chi connectivity index (χ3n) is 5.26. The average molecular weight is 435 g/mol. The predicted octanol–water partition coefficient (Wildman–Crippen LogP) is 3.90. The molecule has 0 saturated heterocycles. The van der Waals surface area contributed by atoms with Crippen molar-refractivity contribution in [3.05, 3.63) is 84.2 Å². The lowest BCUT2D eigenvalue weighted by atomic mass is 10.1. The fraction of sp³-hybridized carbons (Fsp3) is 0.0833. The number of fused-ring (bicyclic) bond motifs is 1. The first-order valence-corrected chi connectivity index (χ1v) is 10.1. The van der Waals surface area contributed by atoms with E-state index < -0.39 is 0 Å². The number of carbonyl (C=O) groups excluding carboxylic acids is 1. The lowest BCUT2D eigenvalue weighted by Gasteiger charge is -2.17. The summed E-state index contributed by atoms with van der Waals surface area (Å²) < 4.78 is 7.05. The monoisotopic (exact) mass is 435 g/mol. The van der Waals surface area contributed by atoms with Gasteiger partial charge in [-0.1, -0.05) is 17.3 Å². The van der Waals surface area contributed by atoms with Crippen LogP contribution in [0.1, 0.15) is 21.9 Å². The largest absolute Gasteiger partial charge is 0.334 e. The van der Waals surface area contributed by atoms with Crippen LogP contribution in [0.25, 0.3) is 28.4 Å². The van der Waals surface area contributed by atoms with Crippen molar-refractivity contribution in [3.63, 3.8) is 0 Å². The number of hydrogen-bond acceptors (Lipinski definition) is 7. The van der Waals surface area contributed by atoms with Crippen molar-refractivity contribution in [1.29, 1.82) is 5.26 Å². The number of rotatable bonds is 4. The molecule has 0 spiro atoms. The van der Waals surface area contributed by atoms with Gasteiger partial charge in [-0.2, -0.15) is 10.2 Å². The number of anilines is 1. The van der Waals surface area contributed by atoms with E-state index in [2.05, 4.69) is 26.2 Å². The molecule has 0 radical (unpaired) electrons. The van der Waals surface area contributed by atoms with Crippen LogP contribution in [-0.2, 0) is 0 Å². The number of nitriles is 1. The number of benzene rings is 2. The maximum atomic E-state index is 13.1. The molecule has 3 aromatic heterocycles. The molecule has 0 aliphatic heterocycles. The Labute approximate surface area is 188 Å². The molecule has 0 saturated carbocycles. The average Bonchev–Trinajstić information content (AvgIpc) is 3.49. The highest BCUT2D eigenvalue weighted by Crippen LogP contribution is 2.25. The Hall–Kier alpha value is -4.84. The van der Waals surface area contributed by atoms with E-state index in [1.807, 2.05) is 28.7 Å². The summed E-state index contributed by atoms with van der Waals surface area (Å²) >= 11 is 0. The highest BCUT2D eigenvalue weighted by atomic mass is 16.5. The van der Waals surface area contributed by atoms with Gasteiger partial charge in [0.1, 0.15) is 5.69 Å². The van der Waals surface area contributed by atoms with Crippen molar-refractivity contribution in [1.82, 2.24) is 24.5 Å². The van der Waals surface area contributed by atoms with Crippen LogP contribution in [0.3, 0.4) is 0 Å². The van der Waals surface area contributed by atoms with E-state index in [-0.39, 0.29) is 11.6 Å². The molecule has 0 fully saturated rings. The number of carbonyl (C=O) groups is 1. The first-order valence-electron chi connectivity index (χ1n) is 10.1. The minimum atomic E-state index is -0.275. The topological polar surface area (TPSA) is 113 Å². The standard InChI is InChI=1S/C24H17N7O2/c1-15-28-23(33-29-15)18-7-5-17(6-8-18)21-12-27-22-13-26-20(14-31(21)22)24(32)30(2)19-9-3-16(11-25)4-10-19/h3-10,12-14H,1-2H3. The second-order valence-corrected chi connectivity index (χ2v) is 7.39.